The number of halogens is 1. The molecule has 166 valence electrons. The third kappa shape index (κ3) is 8.55. The fourth-order valence-corrected chi connectivity index (χ4v) is 3.04. The molecule has 9 heteroatoms. The van der Waals surface area contributed by atoms with Crippen LogP contribution >= 0.6 is 28.1 Å². The van der Waals surface area contributed by atoms with Crippen LogP contribution in [0.3, 0.4) is 0 Å². The maximum Gasteiger partial charge on any atom is 0.276 e. The van der Waals surface area contributed by atoms with E-state index < -0.39 is 11.8 Å². The number of nitrogens with one attached hydrogen (secondary N) is 3. The molecule has 0 aliphatic rings. The van der Waals surface area contributed by atoms with Gasteiger partial charge in [-0.3, -0.25) is 25.8 Å². The number of carbonyl (C=O) groups is 2. The average molecular weight is 508 g/mol. The molecule has 0 saturated carbocycles. The van der Waals surface area contributed by atoms with E-state index in [0.29, 0.717) is 29.6 Å². The molecule has 0 aromatic heterocycles. The number of hydrogen-bond donors (Lipinski definition) is 3. The van der Waals surface area contributed by atoms with Crippen LogP contribution in [0.5, 0.6) is 11.5 Å². The van der Waals surface area contributed by atoms with Gasteiger partial charge in [0.1, 0.15) is 11.5 Å². The topological polar surface area (TPSA) is 88.7 Å². The Balaban J connectivity index is 1.74. The van der Waals surface area contributed by atoms with Gasteiger partial charge in [0.25, 0.3) is 11.8 Å². The van der Waals surface area contributed by atoms with E-state index in [1.165, 1.54) is 0 Å². The predicted octanol–water partition coefficient (Wildman–Crippen LogP) is 3.76. The van der Waals surface area contributed by atoms with Gasteiger partial charge in [0.05, 0.1) is 11.1 Å². The van der Waals surface area contributed by atoms with E-state index in [2.05, 4.69) is 52.9 Å². The van der Waals surface area contributed by atoms with Gasteiger partial charge in [-0.1, -0.05) is 26.8 Å². The summed E-state index contributed by atoms with van der Waals surface area (Å²) in [5.74, 6) is 0.807. The van der Waals surface area contributed by atoms with Crippen LogP contribution < -0.4 is 25.6 Å². The molecule has 0 aliphatic carbocycles. The minimum absolute atomic E-state index is 0.0352. The molecule has 0 saturated heterocycles. The maximum absolute atomic E-state index is 12.3. The number of aryl methyl sites for hydroxylation is 1. The van der Waals surface area contributed by atoms with Crippen LogP contribution in [0.1, 0.15) is 36.7 Å². The minimum Gasteiger partial charge on any atom is -0.493 e. The molecular formula is C22H26BrN3O4S. The van der Waals surface area contributed by atoms with Gasteiger partial charge in [0.15, 0.2) is 11.7 Å². The van der Waals surface area contributed by atoms with E-state index in [0.717, 1.165) is 16.5 Å². The van der Waals surface area contributed by atoms with Crippen LogP contribution in [0.25, 0.3) is 0 Å². The molecule has 2 rings (SSSR count). The smallest absolute Gasteiger partial charge is 0.276 e. The molecule has 2 aromatic carbocycles. The first-order valence-electron chi connectivity index (χ1n) is 9.82. The summed E-state index contributed by atoms with van der Waals surface area (Å²) in [7, 11) is 0. The highest BCUT2D eigenvalue weighted by molar-refractivity contribution is 9.10. The summed E-state index contributed by atoms with van der Waals surface area (Å²) in [5, 5.41) is 2.46. The third-order valence-corrected chi connectivity index (χ3v) is 4.83. The molecule has 0 atom stereocenters. The third-order valence-electron chi connectivity index (χ3n) is 4.01. The maximum atomic E-state index is 12.3. The summed E-state index contributed by atoms with van der Waals surface area (Å²) in [6.07, 6.45) is 0.905. The van der Waals surface area contributed by atoms with Crippen molar-refractivity contribution in [3.63, 3.8) is 0 Å². The van der Waals surface area contributed by atoms with Crippen LogP contribution in [0.4, 0.5) is 0 Å². The lowest BCUT2D eigenvalue weighted by Gasteiger charge is -2.13. The Morgan fingerprint density at radius 3 is 2.39 bits per heavy atom. The Morgan fingerprint density at radius 1 is 1.06 bits per heavy atom. The fraction of sp³-hybridized carbons (Fsp3) is 0.318. The standard InChI is InChI=1S/C22H26BrN3O4S/c1-4-15-5-10-19(18(23)11-15)30-13-20(27)25-26-22(31)24-21(28)16-6-8-17(9-7-16)29-12-14(2)3/h5-11,14H,4,12-13H2,1-3H3,(H,25,27)(H2,24,26,28,31). The lowest BCUT2D eigenvalue weighted by Crippen LogP contribution is -2.49. The molecule has 31 heavy (non-hydrogen) atoms. The molecule has 0 heterocycles. The van der Waals surface area contributed by atoms with Gasteiger partial charge >= 0.3 is 0 Å². The molecule has 0 bridgehead atoms. The van der Waals surface area contributed by atoms with E-state index in [-0.39, 0.29) is 11.7 Å². The van der Waals surface area contributed by atoms with Gasteiger partial charge in [-0.25, -0.2) is 0 Å². The molecule has 0 spiro atoms. The van der Waals surface area contributed by atoms with Crippen LogP contribution in [-0.2, 0) is 11.2 Å². The summed E-state index contributed by atoms with van der Waals surface area (Å²) in [5.41, 5.74) is 6.43. The van der Waals surface area contributed by atoms with E-state index in [1.807, 2.05) is 12.1 Å². The second-order valence-electron chi connectivity index (χ2n) is 7.09. The second kappa shape index (κ2) is 12.3. The monoisotopic (exact) mass is 507 g/mol. The highest BCUT2D eigenvalue weighted by Crippen LogP contribution is 2.26. The first kappa shape index (κ1) is 24.6. The van der Waals surface area contributed by atoms with Crippen LogP contribution in [0, 0.1) is 5.92 Å². The first-order valence-corrected chi connectivity index (χ1v) is 11.0. The molecular weight excluding hydrogens is 482 g/mol. The van der Waals surface area contributed by atoms with E-state index in [4.69, 9.17) is 21.7 Å². The number of thiocarbonyl (C=S) groups is 1. The lowest BCUT2D eigenvalue weighted by atomic mass is 10.2. The zero-order valence-corrected chi connectivity index (χ0v) is 20.1. The van der Waals surface area contributed by atoms with Gasteiger partial charge in [-0.15, -0.1) is 0 Å². The summed E-state index contributed by atoms with van der Waals surface area (Å²) >= 11 is 8.46. The lowest BCUT2D eigenvalue weighted by molar-refractivity contribution is -0.123. The largest absolute Gasteiger partial charge is 0.493 e. The van der Waals surface area contributed by atoms with Crippen molar-refractivity contribution in [1.82, 2.24) is 16.2 Å². The van der Waals surface area contributed by atoms with Crippen molar-refractivity contribution >= 4 is 45.1 Å². The van der Waals surface area contributed by atoms with Gasteiger partial charge < -0.3 is 9.47 Å². The molecule has 0 unspecified atom stereocenters. The normalized spacial score (nSPS) is 10.4. The molecule has 0 fully saturated rings. The number of rotatable bonds is 8. The number of hydrogen-bond acceptors (Lipinski definition) is 5. The van der Waals surface area contributed by atoms with E-state index in [9.17, 15) is 9.59 Å². The van der Waals surface area contributed by atoms with Gasteiger partial charge in [0, 0.05) is 5.56 Å². The Labute approximate surface area is 196 Å². The zero-order chi connectivity index (χ0) is 22.8. The molecule has 7 nitrogen and oxygen atoms in total. The average Bonchev–Trinajstić information content (AvgIpc) is 2.75. The highest BCUT2D eigenvalue weighted by atomic mass is 79.9. The van der Waals surface area contributed by atoms with Crippen molar-refractivity contribution in [3.8, 4) is 11.5 Å². The van der Waals surface area contributed by atoms with Crippen LogP contribution in [-0.4, -0.2) is 30.1 Å². The summed E-state index contributed by atoms with van der Waals surface area (Å²) in [6, 6.07) is 12.4. The number of benzene rings is 2. The van der Waals surface area contributed by atoms with Gasteiger partial charge in [-0.05, 0) is 82.4 Å². The minimum atomic E-state index is -0.449. The number of amides is 2. The second-order valence-corrected chi connectivity index (χ2v) is 8.36. The summed E-state index contributed by atoms with van der Waals surface area (Å²) in [4.78, 5) is 24.2. The molecule has 2 aromatic rings. The Kier molecular flexibility index (Phi) is 9.74. The number of ether oxygens (including phenoxy) is 2. The van der Waals surface area contributed by atoms with Crippen LogP contribution in [0.15, 0.2) is 46.9 Å². The SMILES string of the molecule is CCc1ccc(OCC(=O)NNC(=S)NC(=O)c2ccc(OCC(C)C)cc2)c(Br)c1. The van der Waals surface area contributed by atoms with Crippen molar-refractivity contribution in [2.24, 2.45) is 5.92 Å². The molecule has 3 N–H and O–H groups in total. The quantitative estimate of drug-likeness (QED) is 0.372. The predicted molar refractivity (Wildman–Crippen MR) is 127 cm³/mol. The van der Waals surface area contributed by atoms with Crippen molar-refractivity contribution in [2.45, 2.75) is 27.2 Å². The number of hydrazine groups is 1. The van der Waals surface area contributed by atoms with Gasteiger partial charge in [0.2, 0.25) is 0 Å². The molecule has 0 aliphatic heterocycles. The zero-order valence-electron chi connectivity index (χ0n) is 17.7. The highest BCUT2D eigenvalue weighted by Gasteiger charge is 2.10. The van der Waals surface area contributed by atoms with Crippen LogP contribution in [0.2, 0.25) is 0 Å². The molecule has 0 radical (unpaired) electrons. The summed E-state index contributed by atoms with van der Waals surface area (Å²) in [6.45, 7) is 6.56. The van der Waals surface area contributed by atoms with Gasteiger partial charge in [-0.2, -0.15) is 0 Å². The van der Waals surface area contributed by atoms with Crippen molar-refractivity contribution in [1.29, 1.82) is 0 Å². The Morgan fingerprint density at radius 2 is 1.77 bits per heavy atom. The van der Waals surface area contributed by atoms with Crippen molar-refractivity contribution in [2.75, 3.05) is 13.2 Å². The van der Waals surface area contributed by atoms with Crippen molar-refractivity contribution < 1.29 is 19.1 Å². The Hall–Kier alpha value is -2.65. The molecule has 2 amide bonds. The van der Waals surface area contributed by atoms with Crippen molar-refractivity contribution in [3.05, 3.63) is 58.1 Å². The van der Waals surface area contributed by atoms with E-state index >= 15 is 0 Å². The Bertz CT molecular complexity index is 919. The number of carbonyl (C=O) groups excluding carboxylic acids is 2. The van der Waals surface area contributed by atoms with E-state index in [1.54, 1.807) is 30.3 Å². The summed E-state index contributed by atoms with van der Waals surface area (Å²) < 4.78 is 11.8. The first-order chi connectivity index (χ1) is 14.8. The fourth-order valence-electron chi connectivity index (χ4n) is 2.36.